The smallest absolute Gasteiger partial charge is 0.220 e. The summed E-state index contributed by atoms with van der Waals surface area (Å²) in [6.45, 7) is 0.397. The number of rotatable bonds is 6. The summed E-state index contributed by atoms with van der Waals surface area (Å²) in [5.74, 6) is -0.284. The molecule has 1 amide bonds. The van der Waals surface area contributed by atoms with E-state index in [2.05, 4.69) is 10.3 Å². The van der Waals surface area contributed by atoms with Crippen LogP contribution in [0, 0.1) is 5.82 Å². The number of amides is 1. The van der Waals surface area contributed by atoms with Crippen molar-refractivity contribution >= 4 is 5.91 Å². The van der Waals surface area contributed by atoms with Gasteiger partial charge >= 0.3 is 0 Å². The summed E-state index contributed by atoms with van der Waals surface area (Å²) in [6.07, 6.45) is 2.85. The number of hydrogen-bond acceptors (Lipinski definition) is 2. The maximum absolute atomic E-state index is 13.1. The Kier molecular flexibility index (Phi) is 5.52. The summed E-state index contributed by atoms with van der Waals surface area (Å²) in [6, 6.07) is 19.9. The summed E-state index contributed by atoms with van der Waals surface area (Å²) in [5, 5.41) is 2.94. The number of halogens is 1. The lowest BCUT2D eigenvalue weighted by atomic mass is 10.1. The molecule has 25 heavy (non-hydrogen) atoms. The molecule has 0 radical (unpaired) electrons. The highest BCUT2D eigenvalue weighted by atomic mass is 19.1. The van der Waals surface area contributed by atoms with E-state index in [9.17, 15) is 9.18 Å². The van der Waals surface area contributed by atoms with Crippen molar-refractivity contribution < 1.29 is 9.18 Å². The lowest BCUT2D eigenvalue weighted by molar-refractivity contribution is -0.121. The Bertz CT molecular complexity index is 832. The van der Waals surface area contributed by atoms with Gasteiger partial charge in [0.05, 0.1) is 5.69 Å². The SMILES string of the molecule is O=C(CCc1ccccc1)NCc1cccnc1-c1ccc(F)cc1. The molecule has 1 N–H and O–H groups in total. The molecular weight excluding hydrogens is 315 g/mol. The second kappa shape index (κ2) is 8.20. The molecule has 3 nitrogen and oxygen atoms in total. The van der Waals surface area contributed by atoms with Crippen LogP contribution in [0.1, 0.15) is 17.5 Å². The van der Waals surface area contributed by atoms with E-state index >= 15 is 0 Å². The fraction of sp³-hybridized carbons (Fsp3) is 0.143. The van der Waals surface area contributed by atoms with E-state index < -0.39 is 0 Å². The van der Waals surface area contributed by atoms with Crippen LogP contribution in [0.25, 0.3) is 11.3 Å². The number of carbonyl (C=O) groups excluding carboxylic acids is 1. The largest absolute Gasteiger partial charge is 0.352 e. The van der Waals surface area contributed by atoms with E-state index in [0.717, 1.165) is 22.4 Å². The minimum Gasteiger partial charge on any atom is -0.352 e. The first-order valence-electron chi connectivity index (χ1n) is 8.23. The van der Waals surface area contributed by atoms with Crippen molar-refractivity contribution in [2.75, 3.05) is 0 Å². The van der Waals surface area contributed by atoms with Gasteiger partial charge in [-0.15, -0.1) is 0 Å². The van der Waals surface area contributed by atoms with Gasteiger partial charge in [-0.05, 0) is 47.9 Å². The Morgan fingerprint density at radius 2 is 1.72 bits per heavy atom. The molecule has 126 valence electrons. The van der Waals surface area contributed by atoms with E-state index in [0.29, 0.717) is 19.4 Å². The van der Waals surface area contributed by atoms with Crippen LogP contribution >= 0.6 is 0 Å². The van der Waals surface area contributed by atoms with E-state index in [1.807, 2.05) is 42.5 Å². The van der Waals surface area contributed by atoms with E-state index in [1.165, 1.54) is 12.1 Å². The molecule has 0 aliphatic heterocycles. The number of carbonyl (C=O) groups is 1. The van der Waals surface area contributed by atoms with Crippen LogP contribution in [0.4, 0.5) is 4.39 Å². The Morgan fingerprint density at radius 1 is 0.960 bits per heavy atom. The molecule has 0 saturated heterocycles. The molecule has 3 aromatic rings. The lowest BCUT2D eigenvalue weighted by Crippen LogP contribution is -2.23. The number of aromatic nitrogens is 1. The van der Waals surface area contributed by atoms with Gasteiger partial charge < -0.3 is 5.32 Å². The summed E-state index contributed by atoms with van der Waals surface area (Å²) in [5.41, 5.74) is 3.63. The summed E-state index contributed by atoms with van der Waals surface area (Å²) >= 11 is 0. The second-order valence-corrected chi connectivity index (χ2v) is 5.78. The van der Waals surface area contributed by atoms with E-state index in [1.54, 1.807) is 18.3 Å². The van der Waals surface area contributed by atoms with E-state index in [4.69, 9.17) is 0 Å². The van der Waals surface area contributed by atoms with Crippen molar-refractivity contribution in [1.29, 1.82) is 0 Å². The second-order valence-electron chi connectivity index (χ2n) is 5.78. The Hall–Kier alpha value is -3.01. The fourth-order valence-electron chi connectivity index (χ4n) is 2.63. The van der Waals surface area contributed by atoms with Crippen molar-refractivity contribution in [2.24, 2.45) is 0 Å². The highest BCUT2D eigenvalue weighted by molar-refractivity contribution is 5.76. The number of aryl methyl sites for hydroxylation is 1. The highest BCUT2D eigenvalue weighted by Crippen LogP contribution is 2.21. The lowest BCUT2D eigenvalue weighted by Gasteiger charge is -2.10. The van der Waals surface area contributed by atoms with E-state index in [-0.39, 0.29) is 11.7 Å². The topological polar surface area (TPSA) is 42.0 Å². The molecule has 4 heteroatoms. The number of benzene rings is 2. The molecule has 0 spiro atoms. The zero-order valence-electron chi connectivity index (χ0n) is 13.8. The van der Waals surface area contributed by atoms with Gasteiger partial charge in [-0.2, -0.15) is 0 Å². The fourth-order valence-corrected chi connectivity index (χ4v) is 2.63. The monoisotopic (exact) mass is 334 g/mol. The van der Waals surface area contributed by atoms with Crippen LogP contribution in [-0.4, -0.2) is 10.9 Å². The van der Waals surface area contributed by atoms with Gasteiger partial charge in [0, 0.05) is 24.7 Å². The van der Waals surface area contributed by atoms with Crippen molar-refractivity contribution in [3.05, 3.63) is 89.9 Å². The van der Waals surface area contributed by atoms with Gasteiger partial charge in [0.1, 0.15) is 5.82 Å². The summed E-state index contributed by atoms with van der Waals surface area (Å²) in [4.78, 5) is 16.5. The van der Waals surface area contributed by atoms with Crippen molar-refractivity contribution in [1.82, 2.24) is 10.3 Å². The zero-order valence-corrected chi connectivity index (χ0v) is 13.8. The van der Waals surface area contributed by atoms with Crippen LogP contribution in [0.15, 0.2) is 72.9 Å². The first kappa shape index (κ1) is 16.8. The van der Waals surface area contributed by atoms with Gasteiger partial charge in [0.2, 0.25) is 5.91 Å². The normalized spacial score (nSPS) is 10.4. The summed E-state index contributed by atoms with van der Waals surface area (Å²) < 4.78 is 13.1. The quantitative estimate of drug-likeness (QED) is 0.736. The molecule has 0 bridgehead atoms. The standard InChI is InChI=1S/C21H19FN2O/c22-19-11-9-17(10-12-19)21-18(7-4-14-23-21)15-24-20(25)13-8-16-5-2-1-3-6-16/h1-7,9-12,14H,8,13,15H2,(H,24,25). The molecule has 3 rings (SSSR count). The van der Waals surface area contributed by atoms with Crippen molar-refractivity contribution in [2.45, 2.75) is 19.4 Å². The van der Waals surface area contributed by atoms with Crippen LogP contribution in [0.5, 0.6) is 0 Å². The third-order valence-corrected chi connectivity index (χ3v) is 3.97. The molecule has 2 aromatic carbocycles. The molecule has 1 aromatic heterocycles. The average molecular weight is 334 g/mol. The Balaban J connectivity index is 1.61. The van der Waals surface area contributed by atoms with Gasteiger partial charge in [0.25, 0.3) is 0 Å². The molecule has 0 aliphatic carbocycles. The van der Waals surface area contributed by atoms with Crippen LogP contribution in [0.2, 0.25) is 0 Å². The number of nitrogens with one attached hydrogen (secondary N) is 1. The molecule has 0 unspecified atom stereocenters. The number of nitrogens with zero attached hydrogens (tertiary/aromatic N) is 1. The molecule has 1 heterocycles. The van der Waals surface area contributed by atoms with Gasteiger partial charge in [-0.1, -0.05) is 36.4 Å². The predicted octanol–water partition coefficient (Wildman–Crippen LogP) is 4.14. The predicted molar refractivity (Wildman–Crippen MR) is 96.2 cm³/mol. The van der Waals surface area contributed by atoms with Crippen LogP contribution < -0.4 is 5.32 Å². The molecule has 0 atom stereocenters. The first-order valence-corrected chi connectivity index (χ1v) is 8.23. The van der Waals surface area contributed by atoms with Crippen molar-refractivity contribution in [3.8, 4) is 11.3 Å². The average Bonchev–Trinajstić information content (AvgIpc) is 2.66. The number of hydrogen-bond donors (Lipinski definition) is 1. The maximum Gasteiger partial charge on any atom is 0.220 e. The van der Waals surface area contributed by atoms with Crippen LogP contribution in [-0.2, 0) is 17.8 Å². The van der Waals surface area contributed by atoms with Crippen LogP contribution in [0.3, 0.4) is 0 Å². The number of pyridine rings is 1. The minimum absolute atomic E-state index is 0.00207. The van der Waals surface area contributed by atoms with Gasteiger partial charge in [-0.25, -0.2) is 4.39 Å². The van der Waals surface area contributed by atoms with Gasteiger partial charge in [-0.3, -0.25) is 9.78 Å². The van der Waals surface area contributed by atoms with Gasteiger partial charge in [0.15, 0.2) is 0 Å². The third kappa shape index (κ3) is 4.73. The molecular formula is C21H19FN2O. The van der Waals surface area contributed by atoms with Crippen molar-refractivity contribution in [3.63, 3.8) is 0 Å². The maximum atomic E-state index is 13.1. The third-order valence-electron chi connectivity index (χ3n) is 3.97. The zero-order chi connectivity index (χ0) is 17.5. The Morgan fingerprint density at radius 3 is 2.48 bits per heavy atom. The molecule has 0 aliphatic rings. The molecule has 0 saturated carbocycles. The highest BCUT2D eigenvalue weighted by Gasteiger charge is 2.08. The Labute approximate surface area is 146 Å². The summed E-state index contributed by atoms with van der Waals surface area (Å²) in [7, 11) is 0. The molecule has 0 fully saturated rings. The minimum atomic E-state index is -0.282. The first-order chi connectivity index (χ1) is 12.2.